The molecule has 0 fully saturated rings. The van der Waals surface area contributed by atoms with Crippen LogP contribution >= 0.6 is 0 Å². The smallest absolute Gasteiger partial charge is 0.262 e. The van der Waals surface area contributed by atoms with Crippen molar-refractivity contribution in [3.63, 3.8) is 0 Å². The highest BCUT2D eigenvalue weighted by Gasteiger charge is 2.40. The maximum atomic E-state index is 12.5. The van der Waals surface area contributed by atoms with Crippen LogP contribution in [0.4, 0.5) is 11.4 Å². The zero-order valence-corrected chi connectivity index (χ0v) is 14.3. The normalized spacial score (nSPS) is 14.3. The third-order valence-corrected chi connectivity index (χ3v) is 4.24. The fourth-order valence-electron chi connectivity index (χ4n) is 2.77. The average molecular weight is 337 g/mol. The van der Waals surface area contributed by atoms with Crippen LogP contribution in [-0.2, 0) is 4.79 Å². The van der Waals surface area contributed by atoms with E-state index in [1.54, 1.807) is 43.3 Å². The van der Waals surface area contributed by atoms with E-state index in [2.05, 4.69) is 5.32 Å². The van der Waals surface area contributed by atoms with Crippen molar-refractivity contribution in [3.8, 4) is 0 Å². The van der Waals surface area contributed by atoms with Crippen molar-refractivity contribution < 1.29 is 14.4 Å². The van der Waals surface area contributed by atoms with E-state index in [-0.39, 0.29) is 0 Å². The molecule has 6 heteroatoms. The Morgan fingerprint density at radius 3 is 1.96 bits per heavy atom. The standard InChI is InChI=1S/C19H19N3O3/c1-12(17(23)20-13-8-10-14(11-9-13)21(2)3)22-18(24)15-6-4-5-7-16(15)19(22)25/h4-12H,1-3H3,(H,20,23)/t12-/m0/s1. The molecule has 25 heavy (non-hydrogen) atoms. The molecule has 0 saturated carbocycles. The van der Waals surface area contributed by atoms with Crippen molar-refractivity contribution >= 4 is 29.1 Å². The molecule has 0 spiro atoms. The number of rotatable bonds is 4. The van der Waals surface area contributed by atoms with Gasteiger partial charge in [0.15, 0.2) is 0 Å². The van der Waals surface area contributed by atoms with Crippen LogP contribution in [0.5, 0.6) is 0 Å². The van der Waals surface area contributed by atoms with Gasteiger partial charge in [-0.3, -0.25) is 19.3 Å². The molecule has 1 atom stereocenters. The summed E-state index contributed by atoms with van der Waals surface area (Å²) in [5, 5.41) is 2.75. The second-order valence-electron chi connectivity index (χ2n) is 6.13. The Bertz CT molecular complexity index is 808. The van der Waals surface area contributed by atoms with Gasteiger partial charge in [-0.1, -0.05) is 12.1 Å². The Morgan fingerprint density at radius 2 is 1.48 bits per heavy atom. The van der Waals surface area contributed by atoms with Crippen molar-refractivity contribution in [1.82, 2.24) is 4.90 Å². The van der Waals surface area contributed by atoms with E-state index in [9.17, 15) is 14.4 Å². The van der Waals surface area contributed by atoms with Crippen molar-refractivity contribution in [1.29, 1.82) is 0 Å². The van der Waals surface area contributed by atoms with E-state index in [0.29, 0.717) is 16.8 Å². The molecule has 6 nitrogen and oxygen atoms in total. The minimum Gasteiger partial charge on any atom is -0.378 e. The first-order valence-electron chi connectivity index (χ1n) is 7.95. The van der Waals surface area contributed by atoms with Gasteiger partial charge in [-0.25, -0.2) is 0 Å². The zero-order valence-electron chi connectivity index (χ0n) is 14.3. The third-order valence-electron chi connectivity index (χ3n) is 4.24. The van der Waals surface area contributed by atoms with Crippen LogP contribution in [0.1, 0.15) is 27.6 Å². The number of hydrogen-bond acceptors (Lipinski definition) is 4. The quantitative estimate of drug-likeness (QED) is 0.870. The average Bonchev–Trinajstić information content (AvgIpc) is 2.86. The number of hydrogen-bond donors (Lipinski definition) is 1. The highest BCUT2D eigenvalue weighted by molar-refractivity contribution is 6.23. The van der Waals surface area contributed by atoms with Gasteiger partial charge >= 0.3 is 0 Å². The summed E-state index contributed by atoms with van der Waals surface area (Å²) in [5.41, 5.74) is 2.29. The van der Waals surface area contributed by atoms with Crippen LogP contribution < -0.4 is 10.2 Å². The van der Waals surface area contributed by atoms with Gasteiger partial charge in [0.2, 0.25) is 5.91 Å². The number of imide groups is 1. The third kappa shape index (κ3) is 2.98. The second-order valence-corrected chi connectivity index (χ2v) is 6.13. The van der Waals surface area contributed by atoms with Crippen LogP contribution in [-0.4, -0.2) is 42.8 Å². The van der Waals surface area contributed by atoms with E-state index in [4.69, 9.17) is 0 Å². The highest BCUT2D eigenvalue weighted by atomic mass is 16.2. The lowest BCUT2D eigenvalue weighted by atomic mass is 10.1. The first-order valence-corrected chi connectivity index (χ1v) is 7.95. The first-order chi connectivity index (χ1) is 11.9. The molecule has 2 aromatic carbocycles. The van der Waals surface area contributed by atoms with Crippen molar-refractivity contribution in [2.75, 3.05) is 24.3 Å². The molecular formula is C19H19N3O3. The number of anilines is 2. The molecule has 3 rings (SSSR count). The SMILES string of the molecule is C[C@@H](C(=O)Nc1ccc(N(C)C)cc1)N1C(=O)c2ccccc2C1=O. The molecule has 2 aromatic rings. The van der Waals surface area contributed by atoms with Crippen molar-refractivity contribution in [2.24, 2.45) is 0 Å². The molecule has 0 aromatic heterocycles. The van der Waals surface area contributed by atoms with Gasteiger partial charge < -0.3 is 10.2 Å². The summed E-state index contributed by atoms with van der Waals surface area (Å²) in [4.78, 5) is 40.3. The molecule has 128 valence electrons. The number of fused-ring (bicyclic) bond motifs is 1. The Labute approximate surface area is 146 Å². The molecule has 3 amide bonds. The number of carbonyl (C=O) groups is 3. The predicted octanol–water partition coefficient (Wildman–Crippen LogP) is 2.38. The second kappa shape index (κ2) is 6.39. The lowest BCUT2D eigenvalue weighted by Crippen LogP contribution is -2.45. The first kappa shape index (κ1) is 16.7. The van der Waals surface area contributed by atoms with Gasteiger partial charge in [-0.05, 0) is 43.3 Å². The number of amides is 3. The monoisotopic (exact) mass is 337 g/mol. The topological polar surface area (TPSA) is 69.7 Å². The summed E-state index contributed by atoms with van der Waals surface area (Å²) in [6, 6.07) is 13.0. The molecule has 0 bridgehead atoms. The number of nitrogens with one attached hydrogen (secondary N) is 1. The largest absolute Gasteiger partial charge is 0.378 e. The maximum absolute atomic E-state index is 12.5. The zero-order chi connectivity index (χ0) is 18.1. The van der Waals surface area contributed by atoms with Crippen LogP contribution in [0, 0.1) is 0 Å². The van der Waals surface area contributed by atoms with E-state index < -0.39 is 23.8 Å². The molecular weight excluding hydrogens is 318 g/mol. The van der Waals surface area contributed by atoms with E-state index >= 15 is 0 Å². The molecule has 0 radical (unpaired) electrons. The fourth-order valence-corrected chi connectivity index (χ4v) is 2.77. The van der Waals surface area contributed by atoms with Crippen LogP contribution in [0.3, 0.4) is 0 Å². The van der Waals surface area contributed by atoms with E-state index in [0.717, 1.165) is 10.6 Å². The molecule has 0 saturated heterocycles. The van der Waals surface area contributed by atoms with Gasteiger partial charge in [-0.2, -0.15) is 0 Å². The summed E-state index contributed by atoms with van der Waals surface area (Å²) in [7, 11) is 3.86. The molecule has 1 heterocycles. The Hall–Kier alpha value is -3.15. The van der Waals surface area contributed by atoms with Crippen molar-refractivity contribution in [3.05, 3.63) is 59.7 Å². The van der Waals surface area contributed by atoms with Gasteiger partial charge in [0.25, 0.3) is 11.8 Å². The van der Waals surface area contributed by atoms with Gasteiger partial charge in [0.1, 0.15) is 6.04 Å². The van der Waals surface area contributed by atoms with Gasteiger partial charge in [-0.15, -0.1) is 0 Å². The Morgan fingerprint density at radius 1 is 0.960 bits per heavy atom. The lowest BCUT2D eigenvalue weighted by molar-refractivity contribution is -0.119. The summed E-state index contributed by atoms with van der Waals surface area (Å²) in [6.07, 6.45) is 0. The highest BCUT2D eigenvalue weighted by Crippen LogP contribution is 2.25. The van der Waals surface area contributed by atoms with E-state index in [1.165, 1.54) is 0 Å². The summed E-state index contributed by atoms with van der Waals surface area (Å²) < 4.78 is 0. The summed E-state index contributed by atoms with van der Waals surface area (Å²) >= 11 is 0. The van der Waals surface area contributed by atoms with Crippen LogP contribution in [0.15, 0.2) is 48.5 Å². The molecule has 1 N–H and O–H groups in total. The number of nitrogens with zero attached hydrogens (tertiary/aromatic N) is 2. The number of carbonyl (C=O) groups excluding carboxylic acids is 3. The Kier molecular flexibility index (Phi) is 4.27. The number of benzene rings is 2. The van der Waals surface area contributed by atoms with Gasteiger partial charge in [0.05, 0.1) is 11.1 Å². The van der Waals surface area contributed by atoms with E-state index in [1.807, 2.05) is 31.1 Å². The van der Waals surface area contributed by atoms with Crippen molar-refractivity contribution in [2.45, 2.75) is 13.0 Å². The lowest BCUT2D eigenvalue weighted by Gasteiger charge is -2.22. The molecule has 1 aliphatic heterocycles. The van der Waals surface area contributed by atoms with Crippen LogP contribution in [0.2, 0.25) is 0 Å². The summed E-state index contributed by atoms with van der Waals surface area (Å²) in [6.45, 7) is 1.55. The summed E-state index contributed by atoms with van der Waals surface area (Å²) in [5.74, 6) is -1.29. The molecule has 0 aliphatic carbocycles. The molecule has 0 unspecified atom stereocenters. The fraction of sp³-hybridized carbons (Fsp3) is 0.211. The predicted molar refractivity (Wildman–Crippen MR) is 95.8 cm³/mol. The van der Waals surface area contributed by atoms with Crippen LogP contribution in [0.25, 0.3) is 0 Å². The molecule has 1 aliphatic rings. The maximum Gasteiger partial charge on any atom is 0.262 e. The van der Waals surface area contributed by atoms with Gasteiger partial charge in [0, 0.05) is 25.5 Å². The minimum absolute atomic E-state index is 0.336. The Balaban J connectivity index is 1.75. The minimum atomic E-state index is -0.902.